The maximum atomic E-state index is 14.3. The van der Waals surface area contributed by atoms with Crippen LogP contribution >= 0.6 is 12.4 Å². The van der Waals surface area contributed by atoms with Gasteiger partial charge in [0.25, 0.3) is 0 Å². The summed E-state index contributed by atoms with van der Waals surface area (Å²) in [5, 5.41) is 10.9. The predicted molar refractivity (Wildman–Crippen MR) is 138 cm³/mol. The Hall–Kier alpha value is -3.96. The second-order valence-electron chi connectivity index (χ2n) is 8.48. The molecule has 12 heteroatoms. The predicted octanol–water partition coefficient (Wildman–Crippen LogP) is 3.53. The number of aryl methyl sites for hydroxylation is 2. The van der Waals surface area contributed by atoms with Crippen LogP contribution in [0.15, 0.2) is 53.6 Å². The number of fused-ring (bicyclic) bond motifs is 2. The fourth-order valence-corrected chi connectivity index (χ4v) is 4.49. The summed E-state index contributed by atoms with van der Waals surface area (Å²) in [6.07, 6.45) is 4.23. The van der Waals surface area contributed by atoms with E-state index in [2.05, 4.69) is 20.3 Å². The average molecular weight is 531 g/mol. The van der Waals surface area contributed by atoms with Gasteiger partial charge in [-0.05, 0) is 49.4 Å². The maximum Gasteiger partial charge on any atom is 0.348 e. The molecule has 3 heterocycles. The molecule has 0 bridgehead atoms. The van der Waals surface area contributed by atoms with E-state index < -0.39 is 17.3 Å². The number of hydrogen-bond acceptors (Lipinski definition) is 5. The summed E-state index contributed by atoms with van der Waals surface area (Å²) in [6.45, 7) is 1.22. The molecule has 2 aromatic carbocycles. The molecule has 0 aliphatic heterocycles. The third-order valence-corrected chi connectivity index (χ3v) is 6.18. The summed E-state index contributed by atoms with van der Waals surface area (Å²) in [4.78, 5) is 24.2. The number of benzene rings is 2. The van der Waals surface area contributed by atoms with Gasteiger partial charge in [-0.15, -0.1) is 12.4 Å². The van der Waals surface area contributed by atoms with Crippen LogP contribution < -0.4 is 11.0 Å². The Labute approximate surface area is 216 Å². The first-order valence-electron chi connectivity index (χ1n) is 11.4. The Kier molecular flexibility index (Phi) is 7.46. The van der Waals surface area contributed by atoms with Crippen LogP contribution in [0.3, 0.4) is 0 Å². The van der Waals surface area contributed by atoms with Crippen molar-refractivity contribution in [3.05, 3.63) is 70.9 Å². The van der Waals surface area contributed by atoms with Crippen LogP contribution in [0.25, 0.3) is 38.9 Å². The van der Waals surface area contributed by atoms with Crippen LogP contribution in [0, 0.1) is 11.6 Å². The van der Waals surface area contributed by atoms with E-state index >= 15 is 0 Å². The zero-order chi connectivity index (χ0) is 25.4. The lowest BCUT2D eigenvalue weighted by molar-refractivity contribution is -0.139. The lowest BCUT2D eigenvalue weighted by Crippen LogP contribution is -2.25. The third-order valence-electron chi connectivity index (χ3n) is 6.18. The number of esters is 1. The highest BCUT2D eigenvalue weighted by Gasteiger charge is 2.21. The number of carbonyl (C=O) groups excluding carboxylic acids is 1. The molecule has 0 atom stereocenters. The van der Waals surface area contributed by atoms with Gasteiger partial charge in [0.15, 0.2) is 5.82 Å². The number of hydrogen-bond donors (Lipinski definition) is 2. The second kappa shape index (κ2) is 10.6. The average Bonchev–Trinajstić information content (AvgIpc) is 3.51. The SMILES string of the molecule is COC(=O)CNCCCn1cc(-n2c(-c3cn(C)c4ccc(F)cc34)n[nH]c2=O)c2cc(F)ccc21.Cl. The molecule has 194 valence electrons. The molecule has 5 aromatic rings. The summed E-state index contributed by atoms with van der Waals surface area (Å²) in [5.41, 5.74) is 2.04. The van der Waals surface area contributed by atoms with Crippen LogP contribution in [0.5, 0.6) is 0 Å². The van der Waals surface area contributed by atoms with E-state index in [1.54, 1.807) is 24.5 Å². The van der Waals surface area contributed by atoms with Gasteiger partial charge >= 0.3 is 11.7 Å². The molecule has 9 nitrogen and oxygen atoms in total. The van der Waals surface area contributed by atoms with E-state index in [4.69, 9.17) is 0 Å². The first-order valence-corrected chi connectivity index (χ1v) is 11.4. The van der Waals surface area contributed by atoms with E-state index in [0.717, 1.165) is 11.0 Å². The van der Waals surface area contributed by atoms with Crippen molar-refractivity contribution in [2.45, 2.75) is 13.0 Å². The monoisotopic (exact) mass is 530 g/mol. The van der Waals surface area contributed by atoms with Crippen LogP contribution in [-0.4, -0.2) is 50.1 Å². The van der Waals surface area contributed by atoms with E-state index in [9.17, 15) is 18.4 Å². The van der Waals surface area contributed by atoms with Crippen molar-refractivity contribution in [3.63, 3.8) is 0 Å². The normalized spacial score (nSPS) is 11.2. The topological polar surface area (TPSA) is 98.9 Å². The molecule has 0 fully saturated rings. The lowest BCUT2D eigenvalue weighted by atomic mass is 10.1. The molecule has 0 saturated carbocycles. The molecule has 0 spiro atoms. The number of halogens is 3. The van der Waals surface area contributed by atoms with Crippen LogP contribution in [0.4, 0.5) is 8.78 Å². The Balaban J connectivity index is 0.00000320. The largest absolute Gasteiger partial charge is 0.468 e. The molecule has 3 aromatic heterocycles. The van der Waals surface area contributed by atoms with E-state index in [-0.39, 0.29) is 24.9 Å². The number of nitrogens with one attached hydrogen (secondary N) is 2. The minimum Gasteiger partial charge on any atom is -0.468 e. The van der Waals surface area contributed by atoms with Gasteiger partial charge in [0.05, 0.1) is 24.9 Å². The van der Waals surface area contributed by atoms with E-state index in [1.165, 1.54) is 35.9 Å². The quantitative estimate of drug-likeness (QED) is 0.236. The van der Waals surface area contributed by atoms with Crippen molar-refractivity contribution in [2.24, 2.45) is 7.05 Å². The first kappa shape index (κ1) is 26.1. The van der Waals surface area contributed by atoms with Gasteiger partial charge in [-0.2, -0.15) is 5.10 Å². The van der Waals surface area contributed by atoms with Crippen LogP contribution in [0.1, 0.15) is 6.42 Å². The number of rotatable bonds is 8. The van der Waals surface area contributed by atoms with Gasteiger partial charge in [0.2, 0.25) is 0 Å². The van der Waals surface area contributed by atoms with Gasteiger partial charge in [0, 0.05) is 47.8 Å². The fourth-order valence-electron chi connectivity index (χ4n) is 4.49. The number of aromatic nitrogens is 5. The number of methoxy groups -OCH3 is 1. The fraction of sp³-hybridized carbons (Fsp3) is 0.240. The van der Waals surface area contributed by atoms with Gasteiger partial charge in [0.1, 0.15) is 11.6 Å². The standard InChI is InChI=1S/C25H24F2N6O3.ClH/c1-31-13-19(17-10-15(26)4-6-20(17)31)24-29-30-25(35)33(24)22-14-32(9-3-8-28-12-23(34)36-2)21-7-5-16(27)11-18(21)22;/h4-7,10-11,13-14,28H,3,8-9,12H2,1-2H3,(H,30,35);1H. The van der Waals surface area contributed by atoms with Crippen molar-refractivity contribution in [1.82, 2.24) is 29.2 Å². The molecule has 5 rings (SSSR count). The molecular weight excluding hydrogens is 506 g/mol. The zero-order valence-electron chi connectivity index (χ0n) is 20.1. The molecule has 37 heavy (non-hydrogen) atoms. The number of aromatic amines is 1. The Morgan fingerprint density at radius 1 is 1.08 bits per heavy atom. The Bertz CT molecular complexity index is 1650. The molecule has 0 unspecified atom stereocenters. The van der Waals surface area contributed by atoms with Crippen molar-refractivity contribution in [3.8, 4) is 17.1 Å². The van der Waals surface area contributed by atoms with Crippen LogP contribution in [-0.2, 0) is 23.1 Å². The van der Waals surface area contributed by atoms with Crippen molar-refractivity contribution >= 4 is 40.2 Å². The smallest absolute Gasteiger partial charge is 0.348 e. The minimum absolute atomic E-state index is 0. The van der Waals surface area contributed by atoms with Gasteiger partial charge < -0.3 is 19.2 Å². The Morgan fingerprint density at radius 3 is 2.51 bits per heavy atom. The molecule has 0 amide bonds. The highest BCUT2D eigenvalue weighted by molar-refractivity contribution is 5.96. The molecule has 0 radical (unpaired) electrons. The zero-order valence-corrected chi connectivity index (χ0v) is 20.9. The summed E-state index contributed by atoms with van der Waals surface area (Å²) in [6, 6.07) is 8.85. The summed E-state index contributed by atoms with van der Waals surface area (Å²) >= 11 is 0. The van der Waals surface area contributed by atoms with Gasteiger partial charge in [-0.1, -0.05) is 0 Å². The highest BCUT2D eigenvalue weighted by Crippen LogP contribution is 2.32. The third kappa shape index (κ3) is 4.87. The molecule has 0 aliphatic carbocycles. The van der Waals surface area contributed by atoms with Crippen molar-refractivity contribution in [2.75, 3.05) is 20.2 Å². The second-order valence-corrected chi connectivity index (χ2v) is 8.48. The number of carbonyl (C=O) groups is 1. The van der Waals surface area contributed by atoms with E-state index in [0.29, 0.717) is 47.4 Å². The molecule has 0 aliphatic rings. The maximum absolute atomic E-state index is 14.3. The number of ether oxygens (including phenoxy) is 1. The number of H-pyrrole nitrogens is 1. The number of nitrogens with zero attached hydrogens (tertiary/aromatic N) is 4. The van der Waals surface area contributed by atoms with E-state index in [1.807, 2.05) is 16.2 Å². The Morgan fingerprint density at radius 2 is 1.78 bits per heavy atom. The van der Waals surface area contributed by atoms with Crippen molar-refractivity contribution in [1.29, 1.82) is 0 Å². The first-order chi connectivity index (χ1) is 17.4. The summed E-state index contributed by atoms with van der Waals surface area (Å²) < 4.78 is 38.1. The minimum atomic E-state index is -0.499. The molecule has 2 N–H and O–H groups in total. The summed E-state index contributed by atoms with van der Waals surface area (Å²) in [7, 11) is 3.16. The molecular formula is C25H25ClF2N6O3. The van der Waals surface area contributed by atoms with Crippen molar-refractivity contribution < 1.29 is 18.3 Å². The van der Waals surface area contributed by atoms with Gasteiger partial charge in [-0.3, -0.25) is 4.79 Å². The lowest BCUT2D eigenvalue weighted by Gasteiger charge is -2.06. The highest BCUT2D eigenvalue weighted by atomic mass is 35.5. The summed E-state index contributed by atoms with van der Waals surface area (Å²) in [5.74, 6) is -0.899. The van der Waals surface area contributed by atoms with Crippen LogP contribution in [0.2, 0.25) is 0 Å². The van der Waals surface area contributed by atoms with Gasteiger partial charge in [-0.25, -0.2) is 23.2 Å². The molecule has 0 saturated heterocycles.